The lowest BCUT2D eigenvalue weighted by atomic mass is 10.1. The molecule has 1 aromatic heterocycles. The standard InChI is InChI=1S/C12H15N3/c1-2-4-9-5-3-6-10-7-8-11(15-13)14-12(9)10/h3,5-8H,2,4,13H2,1H3,(H,14,15). The SMILES string of the molecule is CCCc1cccc2ccc(NN)nc12. The molecular formula is C12H15N3. The van der Waals surface area contributed by atoms with Gasteiger partial charge in [0, 0.05) is 5.39 Å². The highest BCUT2D eigenvalue weighted by atomic mass is 15.2. The third kappa shape index (κ3) is 1.92. The molecule has 0 unspecified atom stereocenters. The third-order valence-corrected chi connectivity index (χ3v) is 2.47. The van der Waals surface area contributed by atoms with Crippen molar-refractivity contribution in [3.8, 4) is 0 Å². The second-order valence-corrected chi connectivity index (χ2v) is 3.58. The fraction of sp³-hybridized carbons (Fsp3) is 0.250. The number of nitrogens with zero attached hydrogens (tertiary/aromatic N) is 1. The van der Waals surface area contributed by atoms with Crippen LogP contribution in [-0.4, -0.2) is 4.98 Å². The quantitative estimate of drug-likeness (QED) is 0.592. The zero-order valence-corrected chi connectivity index (χ0v) is 8.83. The number of nitrogens with two attached hydrogens (primary N) is 1. The molecule has 0 saturated heterocycles. The highest BCUT2D eigenvalue weighted by Gasteiger charge is 2.02. The molecule has 0 fully saturated rings. The van der Waals surface area contributed by atoms with Gasteiger partial charge < -0.3 is 5.43 Å². The normalized spacial score (nSPS) is 10.5. The van der Waals surface area contributed by atoms with E-state index in [1.165, 1.54) is 10.9 Å². The topological polar surface area (TPSA) is 50.9 Å². The van der Waals surface area contributed by atoms with E-state index in [-0.39, 0.29) is 0 Å². The molecule has 2 aromatic rings. The Balaban J connectivity index is 2.59. The van der Waals surface area contributed by atoms with Gasteiger partial charge in [-0.3, -0.25) is 0 Å². The summed E-state index contributed by atoms with van der Waals surface area (Å²) < 4.78 is 0. The monoisotopic (exact) mass is 201 g/mol. The summed E-state index contributed by atoms with van der Waals surface area (Å²) >= 11 is 0. The lowest BCUT2D eigenvalue weighted by Gasteiger charge is -2.06. The van der Waals surface area contributed by atoms with Gasteiger partial charge in [0.25, 0.3) is 0 Å². The Labute approximate surface area is 89.3 Å². The van der Waals surface area contributed by atoms with Gasteiger partial charge in [0.05, 0.1) is 5.52 Å². The van der Waals surface area contributed by atoms with Crippen molar-refractivity contribution in [1.29, 1.82) is 0 Å². The maximum atomic E-state index is 5.35. The fourth-order valence-corrected chi connectivity index (χ4v) is 1.76. The van der Waals surface area contributed by atoms with Crippen LogP contribution in [0.25, 0.3) is 10.9 Å². The largest absolute Gasteiger partial charge is 0.308 e. The molecule has 3 N–H and O–H groups in total. The minimum Gasteiger partial charge on any atom is -0.308 e. The van der Waals surface area contributed by atoms with E-state index < -0.39 is 0 Å². The Morgan fingerprint density at radius 2 is 2.13 bits per heavy atom. The van der Waals surface area contributed by atoms with Gasteiger partial charge in [0.15, 0.2) is 0 Å². The van der Waals surface area contributed by atoms with Crippen LogP contribution in [0.2, 0.25) is 0 Å². The first-order valence-electron chi connectivity index (χ1n) is 5.20. The van der Waals surface area contributed by atoms with Crippen molar-refractivity contribution >= 4 is 16.7 Å². The molecule has 2 rings (SSSR count). The van der Waals surface area contributed by atoms with Gasteiger partial charge in [0.1, 0.15) is 5.82 Å². The molecule has 0 aliphatic heterocycles. The molecule has 1 heterocycles. The molecule has 3 nitrogen and oxygen atoms in total. The van der Waals surface area contributed by atoms with E-state index in [2.05, 4.69) is 35.5 Å². The van der Waals surface area contributed by atoms with Crippen LogP contribution in [0.1, 0.15) is 18.9 Å². The first-order valence-corrected chi connectivity index (χ1v) is 5.20. The van der Waals surface area contributed by atoms with E-state index in [9.17, 15) is 0 Å². The molecule has 0 aliphatic carbocycles. The molecule has 1 aromatic carbocycles. The van der Waals surface area contributed by atoms with Crippen LogP contribution in [0.15, 0.2) is 30.3 Å². The van der Waals surface area contributed by atoms with Crippen molar-refractivity contribution in [2.75, 3.05) is 5.43 Å². The number of pyridine rings is 1. The molecule has 0 saturated carbocycles. The lowest BCUT2D eigenvalue weighted by molar-refractivity contribution is 0.926. The molecule has 0 aliphatic rings. The zero-order chi connectivity index (χ0) is 10.7. The van der Waals surface area contributed by atoms with Crippen LogP contribution < -0.4 is 11.3 Å². The van der Waals surface area contributed by atoms with E-state index in [4.69, 9.17) is 5.84 Å². The van der Waals surface area contributed by atoms with Gasteiger partial charge >= 0.3 is 0 Å². The Morgan fingerprint density at radius 1 is 1.27 bits per heavy atom. The summed E-state index contributed by atoms with van der Waals surface area (Å²) in [6, 6.07) is 10.2. The summed E-state index contributed by atoms with van der Waals surface area (Å²) in [7, 11) is 0. The maximum absolute atomic E-state index is 5.35. The number of aryl methyl sites for hydroxylation is 1. The number of fused-ring (bicyclic) bond motifs is 1. The predicted molar refractivity (Wildman–Crippen MR) is 63.5 cm³/mol. The number of aromatic nitrogens is 1. The van der Waals surface area contributed by atoms with Crippen LogP contribution in [0, 0.1) is 0 Å². The van der Waals surface area contributed by atoms with E-state index in [1.807, 2.05) is 12.1 Å². The number of hydrogen-bond acceptors (Lipinski definition) is 3. The van der Waals surface area contributed by atoms with Crippen molar-refractivity contribution < 1.29 is 0 Å². The van der Waals surface area contributed by atoms with E-state index in [0.29, 0.717) is 5.82 Å². The van der Waals surface area contributed by atoms with E-state index >= 15 is 0 Å². The molecule has 3 heteroatoms. The molecular weight excluding hydrogens is 186 g/mol. The number of nitrogen functional groups attached to an aromatic ring is 1. The van der Waals surface area contributed by atoms with Crippen molar-refractivity contribution in [2.24, 2.45) is 5.84 Å². The zero-order valence-electron chi connectivity index (χ0n) is 8.83. The second kappa shape index (κ2) is 4.28. The average Bonchev–Trinajstić information content (AvgIpc) is 2.29. The lowest BCUT2D eigenvalue weighted by Crippen LogP contribution is -2.08. The minimum absolute atomic E-state index is 0.714. The van der Waals surface area contributed by atoms with Gasteiger partial charge in [0.2, 0.25) is 0 Å². The summed E-state index contributed by atoms with van der Waals surface area (Å²) in [5, 5.41) is 1.17. The number of nitrogens with one attached hydrogen (secondary N) is 1. The van der Waals surface area contributed by atoms with Crippen LogP contribution in [-0.2, 0) is 6.42 Å². The Kier molecular flexibility index (Phi) is 2.83. The van der Waals surface area contributed by atoms with Crippen molar-refractivity contribution in [1.82, 2.24) is 4.98 Å². The summed E-state index contributed by atoms with van der Waals surface area (Å²) in [6.45, 7) is 2.17. The highest BCUT2D eigenvalue weighted by molar-refractivity contribution is 5.83. The Hall–Kier alpha value is -1.61. The molecule has 0 radical (unpaired) electrons. The summed E-state index contributed by atoms with van der Waals surface area (Å²) in [5.74, 6) is 6.07. The van der Waals surface area contributed by atoms with Crippen molar-refractivity contribution in [2.45, 2.75) is 19.8 Å². The number of benzene rings is 1. The number of rotatable bonds is 3. The fourth-order valence-electron chi connectivity index (χ4n) is 1.76. The van der Waals surface area contributed by atoms with Gasteiger partial charge in [-0.15, -0.1) is 0 Å². The number of hydrazine groups is 1. The molecule has 0 bridgehead atoms. The number of anilines is 1. The van der Waals surface area contributed by atoms with E-state index in [1.54, 1.807) is 0 Å². The maximum Gasteiger partial charge on any atom is 0.140 e. The predicted octanol–water partition coefficient (Wildman–Crippen LogP) is 2.47. The van der Waals surface area contributed by atoms with Crippen LogP contribution in [0.3, 0.4) is 0 Å². The van der Waals surface area contributed by atoms with Crippen molar-refractivity contribution in [3.05, 3.63) is 35.9 Å². The first-order chi connectivity index (χ1) is 7.35. The molecule has 15 heavy (non-hydrogen) atoms. The van der Waals surface area contributed by atoms with Gasteiger partial charge in [-0.25, -0.2) is 10.8 Å². The van der Waals surface area contributed by atoms with Gasteiger partial charge in [-0.1, -0.05) is 31.5 Å². The summed E-state index contributed by atoms with van der Waals surface area (Å²) in [4.78, 5) is 4.48. The first kappa shape index (κ1) is 9.93. The summed E-state index contributed by atoms with van der Waals surface area (Å²) in [5.41, 5.74) is 4.91. The Morgan fingerprint density at radius 3 is 2.87 bits per heavy atom. The average molecular weight is 201 g/mol. The van der Waals surface area contributed by atoms with Crippen LogP contribution in [0.5, 0.6) is 0 Å². The molecule has 0 amide bonds. The third-order valence-electron chi connectivity index (χ3n) is 2.47. The molecule has 0 atom stereocenters. The van der Waals surface area contributed by atoms with Gasteiger partial charge in [-0.2, -0.15) is 0 Å². The van der Waals surface area contributed by atoms with E-state index in [0.717, 1.165) is 18.4 Å². The second-order valence-electron chi connectivity index (χ2n) is 3.58. The summed E-state index contributed by atoms with van der Waals surface area (Å²) in [6.07, 6.45) is 2.18. The highest BCUT2D eigenvalue weighted by Crippen LogP contribution is 2.19. The van der Waals surface area contributed by atoms with Gasteiger partial charge in [-0.05, 0) is 24.1 Å². The molecule has 78 valence electrons. The Bertz CT molecular complexity index is 465. The van der Waals surface area contributed by atoms with Crippen molar-refractivity contribution in [3.63, 3.8) is 0 Å². The molecule has 0 spiro atoms. The smallest absolute Gasteiger partial charge is 0.140 e. The number of para-hydroxylation sites is 1. The minimum atomic E-state index is 0.714. The van der Waals surface area contributed by atoms with Crippen LogP contribution in [0.4, 0.5) is 5.82 Å². The number of hydrogen-bond donors (Lipinski definition) is 2. The van der Waals surface area contributed by atoms with Crippen LogP contribution >= 0.6 is 0 Å².